The standard InChI is InChI=1S/C10H13NO3/c1-2-10(13)6-11(7-10)9(12)8-3-4-14-5-8/h3-5,13H,2,6-7H2,1H3. The first-order valence-electron chi connectivity index (χ1n) is 4.68. The number of aliphatic hydroxyl groups is 1. The lowest BCUT2D eigenvalue weighted by atomic mass is 9.91. The van der Waals surface area contributed by atoms with Crippen LogP contribution in [0.1, 0.15) is 23.7 Å². The molecular weight excluding hydrogens is 182 g/mol. The number of furan rings is 1. The van der Waals surface area contributed by atoms with Crippen molar-refractivity contribution in [3.8, 4) is 0 Å². The van der Waals surface area contributed by atoms with Crippen molar-refractivity contribution in [2.45, 2.75) is 18.9 Å². The van der Waals surface area contributed by atoms with Crippen LogP contribution in [0.15, 0.2) is 23.0 Å². The van der Waals surface area contributed by atoms with Crippen molar-refractivity contribution >= 4 is 5.91 Å². The molecule has 1 N–H and O–H groups in total. The Labute approximate surface area is 82.1 Å². The predicted molar refractivity (Wildman–Crippen MR) is 49.9 cm³/mol. The first kappa shape index (κ1) is 9.27. The van der Waals surface area contributed by atoms with E-state index in [0.717, 1.165) is 0 Å². The van der Waals surface area contributed by atoms with Crippen LogP contribution in [0.25, 0.3) is 0 Å². The minimum atomic E-state index is -0.667. The number of amides is 1. The molecule has 0 spiro atoms. The molecule has 1 fully saturated rings. The van der Waals surface area contributed by atoms with Crippen LogP contribution < -0.4 is 0 Å². The highest BCUT2D eigenvalue weighted by atomic mass is 16.3. The third-order valence-electron chi connectivity index (χ3n) is 2.68. The molecule has 1 saturated heterocycles. The van der Waals surface area contributed by atoms with Gasteiger partial charge in [-0.3, -0.25) is 4.79 Å². The van der Waals surface area contributed by atoms with Crippen molar-refractivity contribution in [3.05, 3.63) is 24.2 Å². The van der Waals surface area contributed by atoms with Crippen LogP contribution in [-0.2, 0) is 0 Å². The lowest BCUT2D eigenvalue weighted by Gasteiger charge is -2.45. The number of rotatable bonds is 2. The molecule has 0 aromatic carbocycles. The maximum Gasteiger partial charge on any atom is 0.257 e. The van der Waals surface area contributed by atoms with Crippen LogP contribution in [0.5, 0.6) is 0 Å². The Morgan fingerprint density at radius 3 is 2.93 bits per heavy atom. The van der Waals surface area contributed by atoms with E-state index in [1.54, 1.807) is 11.0 Å². The van der Waals surface area contributed by atoms with Gasteiger partial charge in [0.15, 0.2) is 0 Å². The Balaban J connectivity index is 1.98. The van der Waals surface area contributed by atoms with Crippen LogP contribution in [0.2, 0.25) is 0 Å². The van der Waals surface area contributed by atoms with Crippen molar-refractivity contribution in [2.24, 2.45) is 0 Å². The minimum absolute atomic E-state index is 0.0723. The topological polar surface area (TPSA) is 53.7 Å². The van der Waals surface area contributed by atoms with Gasteiger partial charge in [-0.1, -0.05) is 6.92 Å². The monoisotopic (exact) mass is 195 g/mol. The molecule has 0 unspecified atom stereocenters. The molecule has 1 aromatic rings. The largest absolute Gasteiger partial charge is 0.472 e. The van der Waals surface area contributed by atoms with Crippen LogP contribution in [0.4, 0.5) is 0 Å². The van der Waals surface area contributed by atoms with Crippen molar-refractivity contribution in [1.29, 1.82) is 0 Å². The Kier molecular flexibility index (Phi) is 2.07. The van der Waals surface area contributed by atoms with Gasteiger partial charge in [0.2, 0.25) is 0 Å². The zero-order valence-corrected chi connectivity index (χ0v) is 8.06. The maximum atomic E-state index is 11.6. The summed E-state index contributed by atoms with van der Waals surface area (Å²) in [6.07, 6.45) is 3.58. The Hall–Kier alpha value is -1.29. The number of β-amino-alcohol motifs (C(OH)–C–C–N with tert-alkyl or cyclic N) is 1. The Morgan fingerprint density at radius 1 is 1.71 bits per heavy atom. The van der Waals surface area contributed by atoms with E-state index in [-0.39, 0.29) is 5.91 Å². The van der Waals surface area contributed by atoms with E-state index in [1.165, 1.54) is 12.5 Å². The van der Waals surface area contributed by atoms with E-state index in [9.17, 15) is 9.90 Å². The number of nitrogens with zero attached hydrogens (tertiary/aromatic N) is 1. The smallest absolute Gasteiger partial charge is 0.257 e. The van der Waals surface area contributed by atoms with Gasteiger partial charge in [-0.15, -0.1) is 0 Å². The van der Waals surface area contributed by atoms with Gasteiger partial charge in [0.05, 0.1) is 30.5 Å². The predicted octanol–water partition coefficient (Wildman–Crippen LogP) is 0.877. The number of carbonyl (C=O) groups excluding carboxylic acids is 1. The van der Waals surface area contributed by atoms with E-state index in [4.69, 9.17) is 4.42 Å². The third-order valence-corrected chi connectivity index (χ3v) is 2.68. The summed E-state index contributed by atoms with van der Waals surface area (Å²) in [6, 6.07) is 1.63. The van der Waals surface area contributed by atoms with Crippen LogP contribution >= 0.6 is 0 Å². The summed E-state index contributed by atoms with van der Waals surface area (Å²) in [6.45, 7) is 2.76. The number of hydrogen-bond acceptors (Lipinski definition) is 3. The van der Waals surface area contributed by atoms with Crippen LogP contribution in [0, 0.1) is 0 Å². The lowest BCUT2D eigenvalue weighted by Crippen LogP contribution is -2.63. The summed E-state index contributed by atoms with van der Waals surface area (Å²) < 4.78 is 4.82. The first-order valence-corrected chi connectivity index (χ1v) is 4.68. The molecule has 0 radical (unpaired) electrons. The quantitative estimate of drug-likeness (QED) is 0.762. The fourth-order valence-electron chi connectivity index (χ4n) is 1.60. The lowest BCUT2D eigenvalue weighted by molar-refractivity contribution is -0.0826. The zero-order chi connectivity index (χ0) is 10.2. The van der Waals surface area contributed by atoms with Gasteiger partial charge in [-0.05, 0) is 12.5 Å². The highest BCUT2D eigenvalue weighted by Crippen LogP contribution is 2.25. The molecule has 2 heterocycles. The van der Waals surface area contributed by atoms with Gasteiger partial charge in [0.1, 0.15) is 6.26 Å². The molecular formula is C10H13NO3. The Morgan fingerprint density at radius 2 is 2.43 bits per heavy atom. The number of likely N-dealkylation sites (tertiary alicyclic amines) is 1. The third kappa shape index (κ3) is 1.42. The van der Waals surface area contributed by atoms with E-state index in [1.807, 2.05) is 6.92 Å². The van der Waals surface area contributed by atoms with Gasteiger partial charge >= 0.3 is 0 Å². The van der Waals surface area contributed by atoms with Gasteiger partial charge < -0.3 is 14.4 Å². The summed E-state index contributed by atoms with van der Waals surface area (Å²) in [5.74, 6) is -0.0723. The molecule has 1 aliphatic rings. The normalized spacial score (nSPS) is 19.1. The molecule has 0 atom stereocenters. The van der Waals surface area contributed by atoms with E-state index in [0.29, 0.717) is 25.1 Å². The second kappa shape index (κ2) is 3.13. The van der Waals surface area contributed by atoms with E-state index < -0.39 is 5.60 Å². The molecule has 1 aromatic heterocycles. The SMILES string of the molecule is CCC1(O)CN(C(=O)c2ccoc2)C1. The summed E-state index contributed by atoms with van der Waals surface area (Å²) in [5.41, 5.74) is -0.123. The first-order chi connectivity index (χ1) is 6.64. The maximum absolute atomic E-state index is 11.6. The molecule has 76 valence electrons. The molecule has 0 saturated carbocycles. The number of carbonyl (C=O) groups is 1. The summed E-state index contributed by atoms with van der Waals surface area (Å²) in [4.78, 5) is 13.3. The van der Waals surface area contributed by atoms with Crippen LogP contribution in [0.3, 0.4) is 0 Å². The minimum Gasteiger partial charge on any atom is -0.472 e. The van der Waals surface area contributed by atoms with Gasteiger partial charge in [0, 0.05) is 0 Å². The molecule has 0 aliphatic carbocycles. The highest BCUT2D eigenvalue weighted by molar-refractivity contribution is 5.94. The molecule has 2 rings (SSSR count). The Bertz CT molecular complexity index is 325. The number of hydrogen-bond donors (Lipinski definition) is 1. The average molecular weight is 195 g/mol. The van der Waals surface area contributed by atoms with Crippen molar-refractivity contribution < 1.29 is 14.3 Å². The summed E-state index contributed by atoms with van der Waals surface area (Å²) in [5, 5.41) is 9.72. The average Bonchev–Trinajstić information content (AvgIpc) is 2.64. The molecule has 1 amide bonds. The van der Waals surface area contributed by atoms with Crippen LogP contribution in [-0.4, -0.2) is 34.6 Å². The summed E-state index contributed by atoms with van der Waals surface area (Å²) in [7, 11) is 0. The highest BCUT2D eigenvalue weighted by Gasteiger charge is 2.42. The molecule has 4 heteroatoms. The van der Waals surface area contributed by atoms with Crippen molar-refractivity contribution in [3.63, 3.8) is 0 Å². The van der Waals surface area contributed by atoms with E-state index in [2.05, 4.69) is 0 Å². The van der Waals surface area contributed by atoms with E-state index >= 15 is 0 Å². The van der Waals surface area contributed by atoms with Gasteiger partial charge in [-0.25, -0.2) is 0 Å². The fraction of sp³-hybridized carbons (Fsp3) is 0.500. The second-order valence-corrected chi connectivity index (χ2v) is 3.75. The molecule has 14 heavy (non-hydrogen) atoms. The van der Waals surface area contributed by atoms with Crippen molar-refractivity contribution in [1.82, 2.24) is 4.90 Å². The zero-order valence-electron chi connectivity index (χ0n) is 8.06. The summed E-state index contributed by atoms with van der Waals surface area (Å²) >= 11 is 0. The second-order valence-electron chi connectivity index (χ2n) is 3.75. The molecule has 4 nitrogen and oxygen atoms in total. The molecule has 1 aliphatic heterocycles. The van der Waals surface area contributed by atoms with Gasteiger partial charge in [-0.2, -0.15) is 0 Å². The van der Waals surface area contributed by atoms with Crippen molar-refractivity contribution in [2.75, 3.05) is 13.1 Å². The fourth-order valence-corrected chi connectivity index (χ4v) is 1.60. The molecule has 0 bridgehead atoms. The van der Waals surface area contributed by atoms with Gasteiger partial charge in [0.25, 0.3) is 5.91 Å².